The molecule has 0 saturated heterocycles. The van der Waals surface area contributed by atoms with Crippen molar-refractivity contribution >= 4 is 81.9 Å². The van der Waals surface area contributed by atoms with Gasteiger partial charge in [-0.1, -0.05) is 133 Å². The molecular weight excluding hydrogens is 575 g/mol. The molecule has 9 rings (SSSR count). The molecule has 0 N–H and O–H groups in total. The molecule has 0 aliphatic carbocycles. The maximum atomic E-state index is 5.23. The van der Waals surface area contributed by atoms with Gasteiger partial charge in [0, 0.05) is 40.9 Å². The fraction of sp³-hybridized carbons (Fsp3) is 0. The van der Waals surface area contributed by atoms with E-state index in [1.54, 1.807) is 0 Å². The van der Waals surface area contributed by atoms with Crippen LogP contribution >= 0.6 is 22.7 Å². The van der Waals surface area contributed by atoms with Gasteiger partial charge in [-0.2, -0.15) is 9.97 Å². The number of nitrogens with zero attached hydrogens (tertiary/aromatic N) is 4. The molecule has 0 atom stereocenters. The van der Waals surface area contributed by atoms with E-state index in [2.05, 4.69) is 108 Å². The van der Waals surface area contributed by atoms with Crippen molar-refractivity contribution in [2.75, 3.05) is 4.90 Å². The van der Waals surface area contributed by atoms with Gasteiger partial charge in [0.05, 0.1) is 11.4 Å². The lowest BCUT2D eigenvalue weighted by atomic mass is 9.41. The van der Waals surface area contributed by atoms with Crippen molar-refractivity contribution in [1.29, 1.82) is 0 Å². The Kier molecular flexibility index (Phi) is 5.92. The van der Waals surface area contributed by atoms with Gasteiger partial charge in [-0.15, -0.1) is 22.7 Å². The van der Waals surface area contributed by atoms with Gasteiger partial charge in [-0.3, -0.25) is 4.90 Å². The Balaban J connectivity index is 1.40. The predicted molar refractivity (Wildman–Crippen MR) is 187 cm³/mol. The van der Waals surface area contributed by atoms with E-state index in [1.807, 2.05) is 59.1 Å². The molecule has 206 valence electrons. The van der Waals surface area contributed by atoms with Crippen molar-refractivity contribution in [2.45, 2.75) is 0 Å². The Morgan fingerprint density at radius 2 is 0.886 bits per heavy atom. The largest absolute Gasteiger partial charge is 0.277 e. The fourth-order valence-corrected chi connectivity index (χ4v) is 8.96. The van der Waals surface area contributed by atoms with Crippen LogP contribution in [0.1, 0.15) is 0 Å². The topological polar surface area (TPSA) is 41.9 Å². The van der Waals surface area contributed by atoms with Crippen LogP contribution in [-0.4, -0.2) is 21.7 Å². The van der Waals surface area contributed by atoms with Crippen LogP contribution in [0.3, 0.4) is 0 Å². The molecule has 44 heavy (non-hydrogen) atoms. The maximum absolute atomic E-state index is 5.23. The summed E-state index contributed by atoms with van der Waals surface area (Å²) in [5.74, 6) is 1.93. The summed E-state index contributed by atoms with van der Waals surface area (Å²) >= 11 is 3.74. The first-order chi connectivity index (χ1) is 21.8. The van der Waals surface area contributed by atoms with Crippen molar-refractivity contribution in [3.05, 3.63) is 140 Å². The summed E-state index contributed by atoms with van der Waals surface area (Å²) in [7, 11) is 0. The highest BCUT2D eigenvalue weighted by atomic mass is 32.1. The van der Waals surface area contributed by atoms with Crippen LogP contribution in [0, 0.1) is 0 Å². The van der Waals surface area contributed by atoms with E-state index in [1.165, 1.54) is 35.2 Å². The Bertz CT molecular complexity index is 2160. The molecule has 0 fully saturated rings. The average Bonchev–Trinajstić information content (AvgIpc) is 3.67. The third kappa shape index (κ3) is 4.01. The van der Waals surface area contributed by atoms with Crippen LogP contribution in [0.15, 0.2) is 140 Å². The number of rotatable bonds is 4. The maximum Gasteiger partial charge on any atom is 0.272 e. The second-order valence-electron chi connectivity index (χ2n) is 10.8. The van der Waals surface area contributed by atoms with Gasteiger partial charge in [-0.05, 0) is 12.1 Å². The molecule has 4 nitrogen and oxygen atoms in total. The minimum Gasteiger partial charge on any atom is -0.277 e. The monoisotopic (exact) mass is 598 g/mol. The molecule has 0 saturated carbocycles. The molecule has 3 aromatic heterocycles. The Morgan fingerprint density at radius 3 is 1.39 bits per heavy atom. The third-order valence-corrected chi connectivity index (χ3v) is 10.6. The van der Waals surface area contributed by atoms with Crippen LogP contribution in [0.5, 0.6) is 0 Å². The number of aromatic nitrogens is 3. The molecule has 0 amide bonds. The van der Waals surface area contributed by atoms with Crippen molar-refractivity contribution in [3.8, 4) is 22.8 Å². The predicted octanol–water partition coefficient (Wildman–Crippen LogP) is 7.93. The van der Waals surface area contributed by atoms with Crippen LogP contribution in [0.4, 0.5) is 17.3 Å². The molecule has 0 radical (unpaired) electrons. The van der Waals surface area contributed by atoms with Gasteiger partial charge in [0.1, 0.15) is 0 Å². The Labute approximate surface area is 263 Å². The molecular formula is C37H23BN4S2. The molecule has 0 spiro atoms. The quantitative estimate of drug-likeness (QED) is 0.193. The Hall–Kier alpha value is -5.11. The van der Waals surface area contributed by atoms with Crippen molar-refractivity contribution in [3.63, 3.8) is 0 Å². The van der Waals surface area contributed by atoms with Gasteiger partial charge < -0.3 is 0 Å². The lowest BCUT2D eigenvalue weighted by molar-refractivity contribution is 1.03. The zero-order valence-corrected chi connectivity index (χ0v) is 25.1. The number of fused-ring (bicyclic) bond motifs is 6. The molecule has 1 aliphatic rings. The summed E-state index contributed by atoms with van der Waals surface area (Å²) in [5, 5.41) is 2.41. The first kappa shape index (κ1) is 25.4. The zero-order chi connectivity index (χ0) is 29.0. The lowest BCUT2D eigenvalue weighted by Gasteiger charge is -2.32. The molecule has 4 heterocycles. The van der Waals surface area contributed by atoms with Crippen LogP contribution in [0.2, 0.25) is 0 Å². The first-order valence-electron chi connectivity index (χ1n) is 14.6. The van der Waals surface area contributed by atoms with Crippen molar-refractivity contribution in [1.82, 2.24) is 15.0 Å². The van der Waals surface area contributed by atoms with Crippen molar-refractivity contribution < 1.29 is 0 Å². The third-order valence-electron chi connectivity index (χ3n) is 8.18. The van der Waals surface area contributed by atoms with E-state index in [0.29, 0.717) is 17.6 Å². The van der Waals surface area contributed by atoms with Gasteiger partial charge in [0.25, 0.3) is 6.71 Å². The number of anilines is 3. The highest BCUT2D eigenvalue weighted by molar-refractivity contribution is 7.40. The molecule has 8 aromatic rings. The van der Waals surface area contributed by atoms with E-state index in [0.717, 1.165) is 22.5 Å². The molecule has 7 heteroatoms. The second kappa shape index (κ2) is 10.3. The minimum atomic E-state index is 0.108. The van der Waals surface area contributed by atoms with Crippen molar-refractivity contribution in [2.24, 2.45) is 0 Å². The standard InChI is InChI=1S/C37H23BN4S2/c1-4-14-24(15-5-1)35-39-36(25-16-6-2-7-17-25)41-37(40-35)42-31-27-20-10-12-22-29(27)43-33(31)38(26-18-8-3-9-19-26)34-32(42)28-21-11-13-23-30(28)44-34/h1-23H. The molecule has 1 aliphatic heterocycles. The summed E-state index contributed by atoms with van der Waals surface area (Å²) in [5.41, 5.74) is 5.51. The highest BCUT2D eigenvalue weighted by Crippen LogP contribution is 2.46. The minimum absolute atomic E-state index is 0.108. The van der Waals surface area contributed by atoms with E-state index < -0.39 is 0 Å². The molecule has 5 aromatic carbocycles. The van der Waals surface area contributed by atoms with Gasteiger partial charge >= 0.3 is 0 Å². The smallest absolute Gasteiger partial charge is 0.272 e. The fourth-order valence-electron chi connectivity index (χ4n) is 6.23. The lowest BCUT2D eigenvalue weighted by Crippen LogP contribution is -2.54. The van der Waals surface area contributed by atoms with E-state index in [-0.39, 0.29) is 6.71 Å². The second-order valence-corrected chi connectivity index (χ2v) is 13.0. The molecule has 0 bridgehead atoms. The van der Waals surface area contributed by atoms with E-state index in [4.69, 9.17) is 15.0 Å². The van der Waals surface area contributed by atoms with Crippen LogP contribution < -0.4 is 19.9 Å². The highest BCUT2D eigenvalue weighted by Gasteiger charge is 2.41. The number of benzene rings is 5. The number of hydrogen-bond donors (Lipinski definition) is 0. The summed E-state index contributed by atoms with van der Waals surface area (Å²) in [6.45, 7) is 0.108. The summed E-state index contributed by atoms with van der Waals surface area (Å²) in [6.07, 6.45) is 0. The van der Waals surface area contributed by atoms with Crippen LogP contribution in [-0.2, 0) is 0 Å². The SMILES string of the molecule is c1ccc(B2c3sc4ccccc4c3N(c3nc(-c4ccccc4)nc(-c4ccccc4)n3)c3c2sc2ccccc32)cc1. The summed E-state index contributed by atoms with van der Waals surface area (Å²) in [6, 6.07) is 48.7. The summed E-state index contributed by atoms with van der Waals surface area (Å²) in [4.78, 5) is 17.8. The first-order valence-corrected chi connectivity index (χ1v) is 16.2. The number of hydrogen-bond acceptors (Lipinski definition) is 6. The normalized spacial score (nSPS) is 12.5. The zero-order valence-electron chi connectivity index (χ0n) is 23.5. The number of thiophene rings is 2. The Morgan fingerprint density at radius 1 is 0.455 bits per heavy atom. The van der Waals surface area contributed by atoms with Crippen LogP contribution in [0.25, 0.3) is 42.9 Å². The molecule has 0 unspecified atom stereocenters. The average molecular weight is 599 g/mol. The van der Waals surface area contributed by atoms with Gasteiger partial charge in [-0.25, -0.2) is 4.98 Å². The summed E-state index contributed by atoms with van der Waals surface area (Å²) < 4.78 is 5.12. The van der Waals surface area contributed by atoms with E-state index in [9.17, 15) is 0 Å². The van der Waals surface area contributed by atoms with Gasteiger partial charge in [0.15, 0.2) is 11.6 Å². The van der Waals surface area contributed by atoms with E-state index >= 15 is 0 Å². The van der Waals surface area contributed by atoms with Gasteiger partial charge in [0.2, 0.25) is 5.95 Å².